The lowest BCUT2D eigenvalue weighted by Crippen LogP contribution is -2.33. The van der Waals surface area contributed by atoms with E-state index in [1.165, 1.54) is 17.7 Å². The molecule has 1 aromatic heterocycles. The summed E-state index contributed by atoms with van der Waals surface area (Å²) in [7, 11) is 3.35. The molecule has 3 nitrogen and oxygen atoms in total. The highest BCUT2D eigenvalue weighted by molar-refractivity contribution is 7.10. The molecule has 1 atom stereocenters. The Morgan fingerprint density at radius 2 is 2.19 bits per heavy atom. The van der Waals surface area contributed by atoms with Crippen LogP contribution in [-0.4, -0.2) is 27.1 Å². The van der Waals surface area contributed by atoms with Gasteiger partial charge < -0.3 is 14.8 Å². The average Bonchev–Trinajstić information content (AvgIpc) is 3.00. The fraction of sp³-hybridized carbons (Fsp3) is 0.667. The standard InChI is InChI=1S/C12H19NO2S/c1-14-11(15-2)8-13-12(9-5-6-9)10-4-3-7-16-10/h3-4,7,9,11-13H,5-6,8H2,1-2H3. The summed E-state index contributed by atoms with van der Waals surface area (Å²) in [5.41, 5.74) is 0. The monoisotopic (exact) mass is 241 g/mol. The number of nitrogens with one attached hydrogen (secondary N) is 1. The normalized spacial score (nSPS) is 17.9. The van der Waals surface area contributed by atoms with Gasteiger partial charge in [0.15, 0.2) is 6.29 Å². The summed E-state index contributed by atoms with van der Waals surface area (Å²) < 4.78 is 10.4. The SMILES string of the molecule is COC(CNC(c1cccs1)C1CC1)OC. The molecule has 1 heterocycles. The fourth-order valence-electron chi connectivity index (χ4n) is 1.88. The van der Waals surface area contributed by atoms with Crippen molar-refractivity contribution in [2.24, 2.45) is 5.92 Å². The van der Waals surface area contributed by atoms with Crippen molar-refractivity contribution in [2.45, 2.75) is 25.2 Å². The van der Waals surface area contributed by atoms with Crippen LogP contribution in [0.25, 0.3) is 0 Å². The van der Waals surface area contributed by atoms with E-state index in [4.69, 9.17) is 9.47 Å². The second kappa shape index (κ2) is 5.77. The molecule has 1 aromatic rings. The first-order valence-electron chi connectivity index (χ1n) is 5.67. The highest BCUT2D eigenvalue weighted by Crippen LogP contribution is 2.42. The molecule has 0 bridgehead atoms. The maximum absolute atomic E-state index is 5.19. The minimum Gasteiger partial charge on any atom is -0.355 e. The van der Waals surface area contributed by atoms with Gasteiger partial charge in [-0.15, -0.1) is 11.3 Å². The molecule has 1 fully saturated rings. The van der Waals surface area contributed by atoms with Crippen LogP contribution in [0.15, 0.2) is 17.5 Å². The van der Waals surface area contributed by atoms with Crippen LogP contribution in [-0.2, 0) is 9.47 Å². The van der Waals surface area contributed by atoms with Crippen molar-refractivity contribution in [3.05, 3.63) is 22.4 Å². The molecular formula is C12H19NO2S. The second-order valence-corrected chi connectivity index (χ2v) is 5.12. The first-order chi connectivity index (χ1) is 7.85. The maximum Gasteiger partial charge on any atom is 0.169 e. The lowest BCUT2D eigenvalue weighted by Gasteiger charge is -2.20. The van der Waals surface area contributed by atoms with Crippen LogP contribution in [0, 0.1) is 5.92 Å². The van der Waals surface area contributed by atoms with Gasteiger partial charge in [0.2, 0.25) is 0 Å². The lowest BCUT2D eigenvalue weighted by atomic mass is 10.1. The van der Waals surface area contributed by atoms with E-state index in [2.05, 4.69) is 22.8 Å². The van der Waals surface area contributed by atoms with E-state index >= 15 is 0 Å². The first kappa shape index (κ1) is 12.0. The Balaban J connectivity index is 1.89. The number of hydrogen-bond donors (Lipinski definition) is 1. The number of ether oxygens (including phenoxy) is 2. The quantitative estimate of drug-likeness (QED) is 0.744. The van der Waals surface area contributed by atoms with Crippen molar-refractivity contribution in [1.29, 1.82) is 0 Å². The van der Waals surface area contributed by atoms with E-state index in [0.717, 1.165) is 12.5 Å². The third kappa shape index (κ3) is 3.04. The largest absolute Gasteiger partial charge is 0.355 e. The van der Waals surface area contributed by atoms with Gasteiger partial charge in [0.05, 0.1) is 0 Å². The van der Waals surface area contributed by atoms with Crippen molar-refractivity contribution < 1.29 is 9.47 Å². The predicted octanol–water partition coefficient (Wildman–Crippen LogP) is 2.41. The second-order valence-electron chi connectivity index (χ2n) is 4.14. The van der Waals surface area contributed by atoms with Crippen LogP contribution in [0.4, 0.5) is 0 Å². The fourth-order valence-corrected chi connectivity index (χ4v) is 2.78. The summed E-state index contributed by atoms with van der Waals surface area (Å²) in [5.74, 6) is 0.799. The summed E-state index contributed by atoms with van der Waals surface area (Å²) in [6.45, 7) is 0.742. The molecule has 0 radical (unpaired) electrons. The molecular weight excluding hydrogens is 222 g/mol. The highest BCUT2D eigenvalue weighted by Gasteiger charge is 2.32. The highest BCUT2D eigenvalue weighted by atomic mass is 32.1. The van der Waals surface area contributed by atoms with Crippen LogP contribution in [0.2, 0.25) is 0 Å². The average molecular weight is 241 g/mol. The zero-order valence-electron chi connectivity index (χ0n) is 9.81. The number of methoxy groups -OCH3 is 2. The summed E-state index contributed by atoms with van der Waals surface area (Å²) >= 11 is 1.82. The van der Waals surface area contributed by atoms with Gasteiger partial charge in [-0.2, -0.15) is 0 Å². The molecule has 1 saturated carbocycles. The van der Waals surface area contributed by atoms with Crippen LogP contribution in [0.3, 0.4) is 0 Å². The van der Waals surface area contributed by atoms with Crippen molar-refractivity contribution in [2.75, 3.05) is 20.8 Å². The minimum atomic E-state index is -0.152. The molecule has 0 amide bonds. The van der Waals surface area contributed by atoms with Crippen LogP contribution >= 0.6 is 11.3 Å². The molecule has 1 unspecified atom stereocenters. The number of hydrogen-bond acceptors (Lipinski definition) is 4. The smallest absolute Gasteiger partial charge is 0.169 e. The predicted molar refractivity (Wildman–Crippen MR) is 65.6 cm³/mol. The van der Waals surface area contributed by atoms with Gasteiger partial charge in [0.25, 0.3) is 0 Å². The molecule has 0 aromatic carbocycles. The van der Waals surface area contributed by atoms with Gasteiger partial charge in [-0.25, -0.2) is 0 Å². The molecule has 1 aliphatic carbocycles. The molecule has 1 N–H and O–H groups in total. The third-order valence-corrected chi connectivity index (χ3v) is 3.93. The van der Waals surface area contributed by atoms with Gasteiger partial charge in [0.1, 0.15) is 0 Å². The maximum atomic E-state index is 5.19. The molecule has 0 aliphatic heterocycles. The van der Waals surface area contributed by atoms with Gasteiger partial charge in [-0.3, -0.25) is 0 Å². The summed E-state index contributed by atoms with van der Waals surface area (Å²) in [6, 6.07) is 4.80. The summed E-state index contributed by atoms with van der Waals surface area (Å²) in [5, 5.41) is 5.68. The van der Waals surface area contributed by atoms with E-state index in [1.54, 1.807) is 14.2 Å². The third-order valence-electron chi connectivity index (χ3n) is 2.97. The zero-order valence-corrected chi connectivity index (χ0v) is 10.6. The van der Waals surface area contributed by atoms with Crippen molar-refractivity contribution in [3.8, 4) is 0 Å². The van der Waals surface area contributed by atoms with E-state index < -0.39 is 0 Å². The molecule has 0 saturated heterocycles. The Hall–Kier alpha value is -0.420. The summed E-state index contributed by atoms with van der Waals surface area (Å²) in [4.78, 5) is 1.42. The lowest BCUT2D eigenvalue weighted by molar-refractivity contribution is -0.100. The molecule has 90 valence electrons. The van der Waals surface area contributed by atoms with Crippen LogP contribution in [0.5, 0.6) is 0 Å². The number of rotatable bonds is 7. The minimum absolute atomic E-state index is 0.152. The summed E-state index contributed by atoms with van der Waals surface area (Å²) in [6.07, 6.45) is 2.52. The molecule has 4 heteroatoms. The van der Waals surface area contributed by atoms with E-state index in [9.17, 15) is 0 Å². The van der Waals surface area contributed by atoms with Gasteiger partial charge in [-0.05, 0) is 30.2 Å². The van der Waals surface area contributed by atoms with Gasteiger partial charge in [-0.1, -0.05) is 6.07 Å². The Kier molecular flexibility index (Phi) is 4.35. The van der Waals surface area contributed by atoms with Crippen molar-refractivity contribution >= 4 is 11.3 Å². The van der Waals surface area contributed by atoms with E-state index in [0.29, 0.717) is 6.04 Å². The van der Waals surface area contributed by atoms with Gasteiger partial charge >= 0.3 is 0 Å². The Morgan fingerprint density at radius 3 is 2.69 bits per heavy atom. The molecule has 0 spiro atoms. The molecule has 1 aliphatic rings. The zero-order chi connectivity index (χ0) is 11.4. The topological polar surface area (TPSA) is 30.5 Å². The first-order valence-corrected chi connectivity index (χ1v) is 6.55. The van der Waals surface area contributed by atoms with Crippen molar-refractivity contribution in [3.63, 3.8) is 0 Å². The van der Waals surface area contributed by atoms with Crippen LogP contribution < -0.4 is 5.32 Å². The Morgan fingerprint density at radius 1 is 1.44 bits per heavy atom. The Bertz CT molecular complexity index is 294. The molecule has 16 heavy (non-hydrogen) atoms. The molecule has 2 rings (SSSR count). The van der Waals surface area contributed by atoms with E-state index in [-0.39, 0.29) is 6.29 Å². The number of thiophene rings is 1. The Labute approximate surface area is 101 Å². The van der Waals surface area contributed by atoms with E-state index in [1.807, 2.05) is 11.3 Å². The van der Waals surface area contributed by atoms with Crippen LogP contribution in [0.1, 0.15) is 23.8 Å². The van der Waals surface area contributed by atoms with Crippen molar-refractivity contribution in [1.82, 2.24) is 5.32 Å². The van der Waals surface area contributed by atoms with Gasteiger partial charge in [0, 0.05) is 31.7 Å².